The minimum Gasteiger partial charge on any atom is -0.466 e. The molecule has 0 aromatic rings. The summed E-state index contributed by atoms with van der Waals surface area (Å²) in [5.41, 5.74) is 0. The molecular weight excluding hydrogens is 322 g/mol. The van der Waals surface area contributed by atoms with Gasteiger partial charge >= 0.3 is 11.9 Å². The lowest BCUT2D eigenvalue weighted by atomic mass is 10.1. The number of hydrogen-bond acceptors (Lipinski definition) is 6. The Morgan fingerprint density at radius 3 is 2.04 bits per heavy atom. The predicted octanol–water partition coefficient (Wildman–Crippen LogP) is 4.70. The van der Waals surface area contributed by atoms with E-state index in [2.05, 4.69) is 18.7 Å². The van der Waals surface area contributed by atoms with Crippen molar-refractivity contribution in [3.8, 4) is 0 Å². The minimum absolute atomic E-state index is 0.0154. The smallest absolute Gasteiger partial charge is 0.335 e. The Morgan fingerprint density at radius 2 is 1.52 bits per heavy atom. The van der Waals surface area contributed by atoms with E-state index in [1.165, 1.54) is 51.0 Å². The van der Waals surface area contributed by atoms with Crippen LogP contribution >= 0.6 is 0 Å². The largest absolute Gasteiger partial charge is 0.466 e. The number of ether oxygens (including phenoxy) is 2. The summed E-state index contributed by atoms with van der Waals surface area (Å²) in [4.78, 5) is 33.7. The summed E-state index contributed by atoms with van der Waals surface area (Å²) < 4.78 is 9.73. The molecule has 0 amide bonds. The topological polar surface area (TPSA) is 82.0 Å². The van der Waals surface area contributed by atoms with Crippen LogP contribution in [0.1, 0.15) is 77.6 Å². The molecule has 0 saturated heterocycles. The van der Waals surface area contributed by atoms with E-state index in [-0.39, 0.29) is 13.0 Å². The van der Waals surface area contributed by atoms with Crippen LogP contribution in [0.15, 0.2) is 17.8 Å². The summed E-state index contributed by atoms with van der Waals surface area (Å²) >= 11 is 0. The maximum absolute atomic E-state index is 11.6. The van der Waals surface area contributed by atoms with Gasteiger partial charge in [-0.15, -0.1) is 4.91 Å². The van der Waals surface area contributed by atoms with Gasteiger partial charge in [0.1, 0.15) is 6.61 Å². The first-order chi connectivity index (χ1) is 12.2. The summed E-state index contributed by atoms with van der Waals surface area (Å²) in [5, 5.41) is 2.63. The van der Waals surface area contributed by atoms with Crippen molar-refractivity contribution < 1.29 is 19.1 Å². The zero-order chi connectivity index (χ0) is 18.8. The molecule has 0 rings (SSSR count). The van der Waals surface area contributed by atoms with Gasteiger partial charge in [-0.25, -0.2) is 4.79 Å². The van der Waals surface area contributed by atoms with Gasteiger partial charge in [0.25, 0.3) is 0 Å². The van der Waals surface area contributed by atoms with Gasteiger partial charge in [-0.2, -0.15) is 0 Å². The molecule has 0 saturated carbocycles. The molecule has 6 heteroatoms. The molecule has 0 heterocycles. The fraction of sp³-hybridized carbons (Fsp3) is 0.789. The SMILES string of the molecule is C=CCOC(=O)C(CC(=O)OCCCCCCCCCCCC)N=O. The molecule has 144 valence electrons. The van der Waals surface area contributed by atoms with Crippen LogP contribution in [0, 0.1) is 4.91 Å². The second-order valence-electron chi connectivity index (χ2n) is 6.15. The highest BCUT2D eigenvalue weighted by Crippen LogP contribution is 2.11. The van der Waals surface area contributed by atoms with Crippen LogP contribution in [0.5, 0.6) is 0 Å². The zero-order valence-corrected chi connectivity index (χ0v) is 15.5. The van der Waals surface area contributed by atoms with Gasteiger partial charge < -0.3 is 9.47 Å². The highest BCUT2D eigenvalue weighted by atomic mass is 16.5. The van der Waals surface area contributed by atoms with Crippen molar-refractivity contribution in [2.75, 3.05) is 13.2 Å². The summed E-state index contributed by atoms with van der Waals surface area (Å²) in [6.45, 7) is 5.91. The number of carbonyl (C=O) groups is 2. The number of hydrogen-bond donors (Lipinski definition) is 0. The molecule has 0 aliphatic heterocycles. The molecule has 0 aliphatic rings. The van der Waals surface area contributed by atoms with Crippen molar-refractivity contribution >= 4 is 11.9 Å². The van der Waals surface area contributed by atoms with Crippen LogP contribution in [0.3, 0.4) is 0 Å². The Kier molecular flexibility index (Phi) is 15.9. The molecule has 1 unspecified atom stereocenters. The van der Waals surface area contributed by atoms with Crippen molar-refractivity contribution in [2.45, 2.75) is 83.6 Å². The van der Waals surface area contributed by atoms with Crippen LogP contribution in [0.2, 0.25) is 0 Å². The maximum Gasteiger partial charge on any atom is 0.335 e. The third-order valence-corrected chi connectivity index (χ3v) is 3.86. The molecule has 0 bridgehead atoms. The molecule has 0 radical (unpaired) electrons. The lowest BCUT2D eigenvalue weighted by molar-refractivity contribution is -0.151. The van der Waals surface area contributed by atoms with Gasteiger partial charge in [0.15, 0.2) is 6.04 Å². The van der Waals surface area contributed by atoms with E-state index >= 15 is 0 Å². The van der Waals surface area contributed by atoms with Crippen molar-refractivity contribution in [3.05, 3.63) is 17.6 Å². The third-order valence-electron chi connectivity index (χ3n) is 3.86. The normalized spacial score (nSPS) is 11.6. The van der Waals surface area contributed by atoms with Gasteiger partial charge in [0, 0.05) is 0 Å². The zero-order valence-electron chi connectivity index (χ0n) is 15.5. The second-order valence-corrected chi connectivity index (χ2v) is 6.15. The van der Waals surface area contributed by atoms with Gasteiger partial charge in [-0.3, -0.25) is 4.79 Å². The molecule has 1 atom stereocenters. The first-order valence-corrected chi connectivity index (χ1v) is 9.41. The average Bonchev–Trinajstić information content (AvgIpc) is 2.62. The molecule has 0 spiro atoms. The Balaban J connectivity index is 3.58. The lowest BCUT2D eigenvalue weighted by Gasteiger charge is -2.08. The van der Waals surface area contributed by atoms with Crippen molar-refractivity contribution in [2.24, 2.45) is 5.18 Å². The summed E-state index contributed by atoms with van der Waals surface area (Å²) in [6, 6.07) is -1.35. The molecule has 0 fully saturated rings. The van der Waals surface area contributed by atoms with E-state index in [4.69, 9.17) is 9.47 Å². The monoisotopic (exact) mass is 355 g/mol. The Morgan fingerprint density at radius 1 is 0.960 bits per heavy atom. The third kappa shape index (κ3) is 14.3. The second kappa shape index (κ2) is 17.1. The highest BCUT2D eigenvalue weighted by molar-refractivity contribution is 5.82. The van der Waals surface area contributed by atoms with Crippen LogP contribution in [-0.4, -0.2) is 31.2 Å². The van der Waals surface area contributed by atoms with E-state index < -0.39 is 18.0 Å². The standard InChI is InChI=1S/C19H33NO5/c1-3-5-6-7-8-9-10-11-12-13-15-24-18(21)16-17(20-23)19(22)25-14-4-2/h4,17H,2-3,5-16H2,1H3. The van der Waals surface area contributed by atoms with Crippen LogP contribution in [-0.2, 0) is 19.1 Å². The van der Waals surface area contributed by atoms with E-state index in [9.17, 15) is 14.5 Å². The molecule has 6 nitrogen and oxygen atoms in total. The Labute approximate surface area is 151 Å². The van der Waals surface area contributed by atoms with Crippen LogP contribution in [0.4, 0.5) is 0 Å². The molecule has 0 N–H and O–H groups in total. The number of esters is 2. The minimum atomic E-state index is -1.35. The van der Waals surface area contributed by atoms with Gasteiger partial charge in [-0.05, 0) is 6.42 Å². The van der Waals surface area contributed by atoms with Crippen molar-refractivity contribution in [1.29, 1.82) is 0 Å². The summed E-state index contributed by atoms with van der Waals surface area (Å²) in [5.74, 6) is -1.43. The van der Waals surface area contributed by atoms with Crippen LogP contribution in [0.25, 0.3) is 0 Å². The molecule has 0 aromatic heterocycles. The summed E-state index contributed by atoms with van der Waals surface area (Å²) in [7, 11) is 0. The molecule has 0 aliphatic carbocycles. The molecular formula is C19H33NO5. The number of nitroso groups, excluding NO2 is 1. The fourth-order valence-electron chi connectivity index (χ4n) is 2.39. The van der Waals surface area contributed by atoms with Crippen LogP contribution < -0.4 is 0 Å². The Bertz CT molecular complexity index is 384. The number of rotatable bonds is 17. The fourth-order valence-corrected chi connectivity index (χ4v) is 2.39. The molecule has 0 aromatic carbocycles. The Hall–Kier alpha value is -1.72. The number of nitrogens with zero attached hydrogens (tertiary/aromatic N) is 1. The van der Waals surface area contributed by atoms with Gasteiger partial charge in [-0.1, -0.05) is 82.5 Å². The van der Waals surface area contributed by atoms with Gasteiger partial charge in [0.2, 0.25) is 0 Å². The van der Waals surface area contributed by atoms with E-state index in [0.717, 1.165) is 19.3 Å². The first kappa shape index (κ1) is 23.3. The van der Waals surface area contributed by atoms with E-state index in [1.807, 2.05) is 0 Å². The highest BCUT2D eigenvalue weighted by Gasteiger charge is 2.24. The first-order valence-electron chi connectivity index (χ1n) is 9.41. The van der Waals surface area contributed by atoms with Crippen molar-refractivity contribution in [1.82, 2.24) is 0 Å². The van der Waals surface area contributed by atoms with Gasteiger partial charge in [0.05, 0.1) is 13.0 Å². The summed E-state index contributed by atoms with van der Waals surface area (Å²) in [6.07, 6.45) is 13.0. The maximum atomic E-state index is 11.6. The van der Waals surface area contributed by atoms with E-state index in [0.29, 0.717) is 6.61 Å². The van der Waals surface area contributed by atoms with Crippen molar-refractivity contribution in [3.63, 3.8) is 0 Å². The van der Waals surface area contributed by atoms with E-state index in [1.54, 1.807) is 0 Å². The lowest BCUT2D eigenvalue weighted by Crippen LogP contribution is -2.25. The average molecular weight is 355 g/mol. The number of carbonyl (C=O) groups excluding carboxylic acids is 2. The molecule has 25 heavy (non-hydrogen) atoms. The quantitative estimate of drug-likeness (QED) is 0.163. The predicted molar refractivity (Wildman–Crippen MR) is 98.2 cm³/mol. The number of unbranched alkanes of at least 4 members (excludes halogenated alkanes) is 9.